The second-order valence-corrected chi connectivity index (χ2v) is 16.2. The lowest BCUT2D eigenvalue weighted by atomic mass is 10.0. The summed E-state index contributed by atoms with van der Waals surface area (Å²) in [5, 5.41) is 0. The van der Waals surface area contributed by atoms with Crippen LogP contribution in [0, 0.1) is 0 Å². The quantitative estimate of drug-likeness (QED) is 0.0345. The van der Waals surface area contributed by atoms with Gasteiger partial charge in [0.1, 0.15) is 23.7 Å². The molecule has 0 amide bonds. The van der Waals surface area contributed by atoms with Crippen LogP contribution in [-0.2, 0) is 33.2 Å². The summed E-state index contributed by atoms with van der Waals surface area (Å²) in [4.78, 5) is 0. The van der Waals surface area contributed by atoms with Crippen LogP contribution in [0.1, 0.15) is 248 Å². The minimum Gasteiger partial charge on any atom is -0.494 e. The van der Waals surface area contributed by atoms with Gasteiger partial charge in [0, 0.05) is 12.8 Å². The highest BCUT2D eigenvalue weighted by Gasteiger charge is 2.25. The van der Waals surface area contributed by atoms with Crippen LogP contribution >= 0.6 is 0 Å². The molecule has 7 nitrogen and oxygen atoms in total. The van der Waals surface area contributed by atoms with Gasteiger partial charge >= 0.3 is 0 Å². The van der Waals surface area contributed by atoms with Crippen molar-refractivity contribution in [3.63, 3.8) is 0 Å². The molecule has 0 fully saturated rings. The predicted octanol–water partition coefficient (Wildman–Crippen LogP) is 16.0. The second-order valence-electron chi connectivity index (χ2n) is 16.2. The van der Waals surface area contributed by atoms with Gasteiger partial charge in [0.15, 0.2) is 25.1 Å². The van der Waals surface area contributed by atoms with E-state index in [9.17, 15) is 0 Å². The average Bonchev–Trinajstić information content (AvgIpc) is 3.22. The van der Waals surface area contributed by atoms with Crippen molar-refractivity contribution in [1.29, 1.82) is 0 Å². The minimum atomic E-state index is -0.214. The molecule has 0 aromatic heterocycles. The molecule has 0 saturated heterocycles. The molecule has 0 radical (unpaired) electrons. The van der Waals surface area contributed by atoms with Crippen molar-refractivity contribution >= 4 is 0 Å². The van der Waals surface area contributed by atoms with E-state index in [-0.39, 0.29) is 25.8 Å². The van der Waals surface area contributed by atoms with Crippen molar-refractivity contribution in [3.8, 4) is 0 Å². The summed E-state index contributed by atoms with van der Waals surface area (Å²) in [6.45, 7) is 20.7. The van der Waals surface area contributed by atoms with Crippen molar-refractivity contribution < 1.29 is 33.2 Å². The van der Waals surface area contributed by atoms with Crippen LogP contribution in [0.15, 0.2) is 23.0 Å². The lowest BCUT2D eigenvalue weighted by Gasteiger charge is -2.26. The van der Waals surface area contributed by atoms with Crippen molar-refractivity contribution in [1.82, 2.24) is 0 Å². The minimum absolute atomic E-state index is 0.128. The fourth-order valence-electron chi connectivity index (χ4n) is 6.99. The van der Waals surface area contributed by atoms with Crippen LogP contribution in [-0.4, -0.2) is 52.2 Å². The zero-order chi connectivity index (χ0) is 41.9. The molecule has 0 N–H and O–H groups in total. The molecule has 2 unspecified atom stereocenters. The lowest BCUT2D eigenvalue weighted by molar-refractivity contribution is -0.167. The van der Waals surface area contributed by atoms with Gasteiger partial charge in [0.05, 0.1) is 26.4 Å². The molecule has 2 atom stereocenters. The summed E-state index contributed by atoms with van der Waals surface area (Å²) < 4.78 is 45.2. The molecule has 0 heterocycles. The molecule has 0 aromatic rings. The Bertz CT molecular complexity index is 818. The maximum absolute atomic E-state index is 6.57. The Labute approximate surface area is 355 Å². The van der Waals surface area contributed by atoms with E-state index < -0.39 is 0 Å². The number of unbranched alkanes of at least 4 members (excludes halogenated alkanes) is 18. The monoisotopic (exact) mass is 811 g/mol. The fourth-order valence-corrected chi connectivity index (χ4v) is 6.99. The van der Waals surface area contributed by atoms with E-state index in [1.54, 1.807) is 0 Å². The first-order chi connectivity index (χ1) is 28.1. The average molecular weight is 811 g/mol. The van der Waals surface area contributed by atoms with Crippen molar-refractivity contribution in [2.75, 3.05) is 40.0 Å². The SMILES string of the molecule is CCCCCCCCCCC(OCCC)=C(OCCC)C(CCCCC)OCOCOC(CCCCC)C(OCCC)=C(CCCCCCCCCC)OCCC. The first-order valence-electron chi connectivity index (χ1n) is 24.9. The number of ether oxygens (including phenoxy) is 7. The van der Waals surface area contributed by atoms with E-state index in [4.69, 9.17) is 33.2 Å². The van der Waals surface area contributed by atoms with Gasteiger partial charge in [-0.25, -0.2) is 0 Å². The van der Waals surface area contributed by atoms with Gasteiger partial charge in [-0.2, -0.15) is 0 Å². The van der Waals surface area contributed by atoms with E-state index in [1.165, 1.54) is 89.9 Å². The fraction of sp³-hybridized carbons (Fsp3) is 0.920. The molecule has 0 saturated carbocycles. The van der Waals surface area contributed by atoms with Gasteiger partial charge in [-0.05, 0) is 51.4 Å². The smallest absolute Gasteiger partial charge is 0.162 e. The van der Waals surface area contributed by atoms with E-state index in [0.717, 1.165) is 126 Å². The standard InChI is InChI=1S/C50H98O7/c1-9-17-21-23-25-27-29-33-37-45(52-39-13-5)49(54-41-15-7)47(35-31-19-11-3)56-43-51-44-57-48(36-32-20-12-4)50(55-42-16-8)46(53-40-14-6)38-34-30-28-26-24-22-18-10-2/h47-48H,9-44H2,1-8H3. The van der Waals surface area contributed by atoms with Crippen LogP contribution < -0.4 is 0 Å². The van der Waals surface area contributed by atoms with Crippen LogP contribution in [0.3, 0.4) is 0 Å². The molecule has 340 valence electrons. The van der Waals surface area contributed by atoms with E-state index in [0.29, 0.717) is 26.4 Å². The largest absolute Gasteiger partial charge is 0.494 e. The van der Waals surface area contributed by atoms with Gasteiger partial charge in [-0.1, -0.05) is 184 Å². The van der Waals surface area contributed by atoms with Crippen LogP contribution in [0.4, 0.5) is 0 Å². The molecule has 0 aliphatic heterocycles. The Morgan fingerprint density at radius 2 is 0.614 bits per heavy atom. The van der Waals surface area contributed by atoms with E-state index in [1.807, 2.05) is 0 Å². The molecule has 0 bridgehead atoms. The maximum Gasteiger partial charge on any atom is 0.162 e. The first-order valence-corrected chi connectivity index (χ1v) is 24.9. The van der Waals surface area contributed by atoms with Crippen molar-refractivity contribution in [2.45, 2.75) is 260 Å². The topological polar surface area (TPSA) is 64.6 Å². The third-order valence-electron chi connectivity index (χ3n) is 10.4. The number of hydrogen-bond donors (Lipinski definition) is 0. The third-order valence-corrected chi connectivity index (χ3v) is 10.4. The third kappa shape index (κ3) is 32.1. The summed E-state index contributed by atoms with van der Waals surface area (Å²) >= 11 is 0. The van der Waals surface area contributed by atoms with Gasteiger partial charge in [0.2, 0.25) is 0 Å². The van der Waals surface area contributed by atoms with Crippen LogP contribution in [0.25, 0.3) is 0 Å². The number of hydrogen-bond acceptors (Lipinski definition) is 7. The molecular weight excluding hydrogens is 713 g/mol. The van der Waals surface area contributed by atoms with Gasteiger partial charge in [-0.15, -0.1) is 0 Å². The Morgan fingerprint density at radius 3 is 0.947 bits per heavy atom. The highest BCUT2D eigenvalue weighted by molar-refractivity contribution is 5.09. The van der Waals surface area contributed by atoms with Gasteiger partial charge in [-0.3, -0.25) is 0 Å². The van der Waals surface area contributed by atoms with Crippen LogP contribution in [0.2, 0.25) is 0 Å². The normalized spacial score (nSPS) is 13.6. The van der Waals surface area contributed by atoms with E-state index in [2.05, 4.69) is 55.4 Å². The highest BCUT2D eigenvalue weighted by Crippen LogP contribution is 2.28. The zero-order valence-corrected chi connectivity index (χ0v) is 39.5. The second kappa shape index (κ2) is 44.1. The molecule has 0 spiro atoms. The molecule has 0 rings (SSSR count). The summed E-state index contributed by atoms with van der Waals surface area (Å²) in [5.41, 5.74) is 0. The molecular formula is C50H98O7. The number of allylic oxidation sites excluding steroid dienone is 2. The van der Waals surface area contributed by atoms with Crippen molar-refractivity contribution in [3.05, 3.63) is 23.0 Å². The van der Waals surface area contributed by atoms with Crippen LogP contribution in [0.5, 0.6) is 0 Å². The number of rotatable bonds is 46. The summed E-state index contributed by atoms with van der Waals surface area (Å²) in [7, 11) is 0. The Morgan fingerprint density at radius 1 is 0.316 bits per heavy atom. The zero-order valence-electron chi connectivity index (χ0n) is 39.5. The highest BCUT2D eigenvalue weighted by atomic mass is 16.7. The van der Waals surface area contributed by atoms with Gasteiger partial charge in [0.25, 0.3) is 0 Å². The Hall–Kier alpha value is -1.44. The Balaban J connectivity index is 5.96. The predicted molar refractivity (Wildman–Crippen MR) is 242 cm³/mol. The molecule has 0 aliphatic rings. The first kappa shape index (κ1) is 55.6. The summed E-state index contributed by atoms with van der Waals surface area (Å²) in [6, 6.07) is 0. The molecule has 7 heteroatoms. The van der Waals surface area contributed by atoms with E-state index >= 15 is 0 Å². The Kier molecular flexibility index (Phi) is 43.0. The lowest BCUT2D eigenvalue weighted by Crippen LogP contribution is -2.25. The molecule has 0 aliphatic carbocycles. The summed E-state index contributed by atoms with van der Waals surface area (Å²) in [6.07, 6.45) is 34.2. The maximum atomic E-state index is 6.57. The van der Waals surface area contributed by atoms with Gasteiger partial charge < -0.3 is 33.2 Å². The van der Waals surface area contributed by atoms with Crippen molar-refractivity contribution in [2.24, 2.45) is 0 Å². The summed E-state index contributed by atoms with van der Waals surface area (Å²) in [5.74, 6) is 3.71. The molecule has 0 aromatic carbocycles. The molecule has 57 heavy (non-hydrogen) atoms.